The molecule has 2 heterocycles. The monoisotopic (exact) mass is 262 g/mol. The van der Waals surface area contributed by atoms with Crippen LogP contribution in [0.25, 0.3) is 0 Å². The average molecular weight is 262 g/mol. The van der Waals surface area contributed by atoms with Gasteiger partial charge in [0.15, 0.2) is 0 Å². The summed E-state index contributed by atoms with van der Waals surface area (Å²) in [6.45, 7) is 8.97. The van der Waals surface area contributed by atoms with Gasteiger partial charge >= 0.3 is 0 Å². The Hall–Kier alpha value is -1.32. The molecule has 1 N–H and O–H groups in total. The lowest BCUT2D eigenvalue weighted by Crippen LogP contribution is -2.23. The minimum Gasteiger partial charge on any atom is -0.373 e. The van der Waals surface area contributed by atoms with Crippen LogP contribution in [-0.2, 0) is 0 Å². The number of aromatic nitrogens is 2. The lowest BCUT2D eigenvalue weighted by atomic mass is 10.0. The van der Waals surface area contributed by atoms with Crippen molar-refractivity contribution < 1.29 is 0 Å². The van der Waals surface area contributed by atoms with Crippen LogP contribution in [0.4, 0.5) is 11.6 Å². The lowest BCUT2D eigenvalue weighted by molar-refractivity contribution is 0.529. The highest BCUT2D eigenvalue weighted by molar-refractivity contribution is 5.60. The third-order valence-corrected chi connectivity index (χ3v) is 3.96. The van der Waals surface area contributed by atoms with E-state index in [4.69, 9.17) is 0 Å². The van der Waals surface area contributed by atoms with Gasteiger partial charge in [-0.05, 0) is 24.7 Å². The molecule has 1 saturated heterocycles. The van der Waals surface area contributed by atoms with Gasteiger partial charge in [0, 0.05) is 25.7 Å². The van der Waals surface area contributed by atoms with Crippen LogP contribution >= 0.6 is 0 Å². The highest BCUT2D eigenvalue weighted by Gasteiger charge is 2.26. The highest BCUT2D eigenvalue weighted by atomic mass is 15.2. The van der Waals surface area contributed by atoms with Crippen LogP contribution in [-0.4, -0.2) is 30.1 Å². The molecular weight excluding hydrogens is 236 g/mol. The summed E-state index contributed by atoms with van der Waals surface area (Å²) >= 11 is 0. The molecule has 0 aliphatic carbocycles. The summed E-state index contributed by atoms with van der Waals surface area (Å²) < 4.78 is 0. The summed E-state index contributed by atoms with van der Waals surface area (Å²) in [7, 11) is 1.93. The molecule has 0 spiro atoms. The molecule has 1 fully saturated rings. The molecule has 1 atom stereocenters. The van der Waals surface area contributed by atoms with E-state index in [1.54, 1.807) is 6.33 Å². The number of nitrogens with zero attached hydrogens (tertiary/aromatic N) is 3. The zero-order chi connectivity index (χ0) is 13.8. The average Bonchev–Trinajstić information content (AvgIpc) is 2.86. The first kappa shape index (κ1) is 14.1. The fourth-order valence-electron chi connectivity index (χ4n) is 3.04. The van der Waals surface area contributed by atoms with E-state index in [-0.39, 0.29) is 0 Å². The third kappa shape index (κ3) is 2.99. The van der Waals surface area contributed by atoms with E-state index < -0.39 is 0 Å². The standard InChI is InChI=1S/C15H26N4/c1-5-6-12-7-8-19(9-12)15-13(11(2)3)14(16-4)17-10-18-15/h10-12H,5-9H2,1-4H3,(H,16,17,18). The Labute approximate surface area is 116 Å². The molecule has 0 aromatic carbocycles. The Balaban J connectivity index is 2.25. The van der Waals surface area contributed by atoms with Crippen molar-refractivity contribution in [2.24, 2.45) is 5.92 Å². The predicted molar refractivity (Wildman–Crippen MR) is 80.9 cm³/mol. The second kappa shape index (κ2) is 6.22. The number of hydrogen-bond acceptors (Lipinski definition) is 4. The molecule has 0 radical (unpaired) electrons. The Bertz CT molecular complexity index is 417. The van der Waals surface area contributed by atoms with Gasteiger partial charge in [-0.2, -0.15) is 0 Å². The minimum absolute atomic E-state index is 0.434. The molecule has 1 unspecified atom stereocenters. The first-order chi connectivity index (χ1) is 9.17. The SMILES string of the molecule is CCCC1CCN(c2ncnc(NC)c2C(C)C)C1. The maximum absolute atomic E-state index is 4.56. The van der Waals surface area contributed by atoms with E-state index in [0.29, 0.717) is 5.92 Å². The van der Waals surface area contributed by atoms with E-state index in [0.717, 1.165) is 30.6 Å². The second-order valence-electron chi connectivity index (χ2n) is 5.75. The van der Waals surface area contributed by atoms with Crippen molar-refractivity contribution in [3.63, 3.8) is 0 Å². The first-order valence-corrected chi connectivity index (χ1v) is 7.44. The molecule has 0 bridgehead atoms. The van der Waals surface area contributed by atoms with Crippen LogP contribution in [0.5, 0.6) is 0 Å². The number of anilines is 2. The summed E-state index contributed by atoms with van der Waals surface area (Å²) in [4.78, 5) is 11.4. The molecule has 1 aliphatic heterocycles. The van der Waals surface area contributed by atoms with Crippen molar-refractivity contribution in [3.05, 3.63) is 11.9 Å². The molecule has 4 heteroatoms. The van der Waals surface area contributed by atoms with E-state index in [9.17, 15) is 0 Å². The quantitative estimate of drug-likeness (QED) is 0.884. The van der Waals surface area contributed by atoms with E-state index in [1.165, 1.54) is 24.8 Å². The lowest BCUT2D eigenvalue weighted by Gasteiger charge is -2.23. The zero-order valence-electron chi connectivity index (χ0n) is 12.6. The van der Waals surface area contributed by atoms with Gasteiger partial charge in [-0.15, -0.1) is 0 Å². The smallest absolute Gasteiger partial charge is 0.137 e. The summed E-state index contributed by atoms with van der Waals surface area (Å²) in [5, 5.41) is 3.20. The molecule has 1 aromatic heterocycles. The Morgan fingerprint density at radius 1 is 1.42 bits per heavy atom. The van der Waals surface area contributed by atoms with Gasteiger partial charge in [-0.3, -0.25) is 0 Å². The molecule has 0 amide bonds. The topological polar surface area (TPSA) is 41.1 Å². The molecule has 19 heavy (non-hydrogen) atoms. The summed E-state index contributed by atoms with van der Waals surface area (Å²) in [5.41, 5.74) is 1.25. The van der Waals surface area contributed by atoms with Crippen LogP contribution in [0.1, 0.15) is 51.5 Å². The normalized spacial score (nSPS) is 19.2. The zero-order valence-corrected chi connectivity index (χ0v) is 12.6. The van der Waals surface area contributed by atoms with Crippen LogP contribution < -0.4 is 10.2 Å². The maximum Gasteiger partial charge on any atom is 0.137 e. The predicted octanol–water partition coefficient (Wildman–Crippen LogP) is 3.27. The van der Waals surface area contributed by atoms with Crippen molar-refractivity contribution in [1.29, 1.82) is 0 Å². The highest BCUT2D eigenvalue weighted by Crippen LogP contribution is 2.34. The Morgan fingerprint density at radius 3 is 2.84 bits per heavy atom. The van der Waals surface area contributed by atoms with Crippen LogP contribution in [0.2, 0.25) is 0 Å². The third-order valence-electron chi connectivity index (χ3n) is 3.96. The van der Waals surface area contributed by atoms with Crippen molar-refractivity contribution in [2.45, 2.75) is 46.0 Å². The van der Waals surface area contributed by atoms with Gasteiger partial charge < -0.3 is 10.2 Å². The van der Waals surface area contributed by atoms with Crippen molar-refractivity contribution in [2.75, 3.05) is 30.4 Å². The van der Waals surface area contributed by atoms with Gasteiger partial charge in [0.2, 0.25) is 0 Å². The van der Waals surface area contributed by atoms with Crippen molar-refractivity contribution in [1.82, 2.24) is 9.97 Å². The molecular formula is C15H26N4. The molecule has 1 aromatic rings. The van der Waals surface area contributed by atoms with Gasteiger partial charge in [0.1, 0.15) is 18.0 Å². The van der Waals surface area contributed by atoms with Gasteiger partial charge in [0.05, 0.1) is 0 Å². The summed E-state index contributed by atoms with van der Waals surface area (Å²) in [6.07, 6.45) is 5.59. The van der Waals surface area contributed by atoms with Crippen LogP contribution in [0.15, 0.2) is 6.33 Å². The molecule has 106 valence electrons. The summed E-state index contributed by atoms with van der Waals surface area (Å²) in [5.74, 6) is 3.37. The largest absolute Gasteiger partial charge is 0.373 e. The molecule has 4 nitrogen and oxygen atoms in total. The number of nitrogens with one attached hydrogen (secondary N) is 1. The fraction of sp³-hybridized carbons (Fsp3) is 0.733. The second-order valence-corrected chi connectivity index (χ2v) is 5.75. The first-order valence-electron chi connectivity index (χ1n) is 7.44. The van der Waals surface area contributed by atoms with E-state index in [1.807, 2.05) is 7.05 Å². The Morgan fingerprint density at radius 2 is 2.21 bits per heavy atom. The van der Waals surface area contributed by atoms with Gasteiger partial charge in [-0.25, -0.2) is 9.97 Å². The van der Waals surface area contributed by atoms with E-state index in [2.05, 4.69) is 41.0 Å². The number of rotatable bonds is 5. The van der Waals surface area contributed by atoms with E-state index >= 15 is 0 Å². The number of hydrogen-bond donors (Lipinski definition) is 1. The van der Waals surface area contributed by atoms with Crippen molar-refractivity contribution in [3.8, 4) is 0 Å². The van der Waals surface area contributed by atoms with Crippen molar-refractivity contribution >= 4 is 11.6 Å². The summed E-state index contributed by atoms with van der Waals surface area (Å²) in [6, 6.07) is 0. The van der Waals surface area contributed by atoms with Crippen LogP contribution in [0, 0.1) is 5.92 Å². The van der Waals surface area contributed by atoms with Crippen LogP contribution in [0.3, 0.4) is 0 Å². The van der Waals surface area contributed by atoms with Gasteiger partial charge in [0.25, 0.3) is 0 Å². The minimum atomic E-state index is 0.434. The fourth-order valence-corrected chi connectivity index (χ4v) is 3.04. The Kier molecular flexibility index (Phi) is 4.61. The molecule has 1 aliphatic rings. The maximum atomic E-state index is 4.56. The van der Waals surface area contributed by atoms with Gasteiger partial charge in [-0.1, -0.05) is 27.2 Å². The molecule has 0 saturated carbocycles. The molecule has 2 rings (SSSR count).